The Morgan fingerprint density at radius 2 is 0.821 bits per heavy atom. The zero-order valence-corrected chi connectivity index (χ0v) is 82.7. The summed E-state index contributed by atoms with van der Waals surface area (Å²) in [5.74, 6) is 13.9. The molecule has 0 saturated heterocycles. The first-order valence-corrected chi connectivity index (χ1v) is 45.8. The molecule has 32 nitrogen and oxygen atoms in total. The van der Waals surface area contributed by atoms with Crippen LogP contribution in [0.3, 0.4) is 0 Å². The lowest BCUT2D eigenvalue weighted by Crippen LogP contribution is -2.22. The van der Waals surface area contributed by atoms with Gasteiger partial charge in [0.25, 0.3) is 0 Å². The van der Waals surface area contributed by atoms with Crippen molar-refractivity contribution in [2.45, 2.75) is 178 Å². The summed E-state index contributed by atoms with van der Waals surface area (Å²) in [5, 5.41) is 42.3. The minimum absolute atomic E-state index is 0. The van der Waals surface area contributed by atoms with Gasteiger partial charge in [0, 0.05) is 106 Å². The van der Waals surface area contributed by atoms with Gasteiger partial charge in [0.1, 0.15) is 103 Å². The van der Waals surface area contributed by atoms with E-state index in [1.165, 1.54) is 0 Å². The van der Waals surface area contributed by atoms with Gasteiger partial charge in [-0.3, -0.25) is 0 Å². The molecule has 0 saturated carbocycles. The third-order valence-corrected chi connectivity index (χ3v) is 22.7. The number of nitrogens with zero attached hydrogens (tertiary/aromatic N) is 17. The van der Waals surface area contributed by atoms with Crippen LogP contribution in [0, 0.1) is 34.6 Å². The quantitative estimate of drug-likeness (QED) is 0.0175. The lowest BCUT2D eigenvalue weighted by Gasteiger charge is -2.20. The summed E-state index contributed by atoms with van der Waals surface area (Å²) in [4.78, 5) is 50.3. The van der Waals surface area contributed by atoms with Crippen molar-refractivity contribution in [3.8, 4) is 34.5 Å². The van der Waals surface area contributed by atoms with Gasteiger partial charge in [-0.05, 0) is 145 Å². The van der Waals surface area contributed by atoms with Gasteiger partial charge in [-0.25, -0.2) is 54.8 Å². The smallest absolute Gasteiger partial charge is 0.154 e. The molecule has 0 fully saturated rings. The Balaban J connectivity index is 0.000000173. The molecule has 4 aromatic carbocycles. The number of anilines is 5. The Hall–Kier alpha value is -12.8. The highest BCUT2D eigenvalue weighted by Crippen LogP contribution is 2.36. The molecule has 0 spiro atoms. The van der Waals surface area contributed by atoms with Gasteiger partial charge in [0.05, 0.1) is 132 Å². The summed E-state index contributed by atoms with van der Waals surface area (Å²) in [6.07, 6.45) is 17.8. The van der Waals surface area contributed by atoms with Crippen molar-refractivity contribution in [2.24, 2.45) is 0 Å². The summed E-state index contributed by atoms with van der Waals surface area (Å²) in [6, 6.07) is 40.1. The Morgan fingerprint density at radius 1 is 0.410 bits per heavy atom. The Kier molecular flexibility index (Phi) is 39.7. The van der Waals surface area contributed by atoms with Crippen LogP contribution in [0.4, 0.5) is 29.1 Å². The summed E-state index contributed by atoms with van der Waals surface area (Å²) in [5.41, 5.74) is 17.4. The van der Waals surface area contributed by atoms with E-state index in [0.717, 1.165) is 227 Å². The summed E-state index contributed by atoms with van der Waals surface area (Å²) in [6.45, 7) is 26.5. The van der Waals surface area contributed by atoms with Crippen LogP contribution >= 0.6 is 38.3 Å². The first-order valence-electron chi connectivity index (χ1n) is 44.8. The van der Waals surface area contributed by atoms with Gasteiger partial charge in [-0.2, -0.15) is 27.0 Å². The van der Waals surface area contributed by atoms with E-state index in [4.69, 9.17) is 37.7 Å². The molecule has 12 aromatic heterocycles. The fourth-order valence-corrected chi connectivity index (χ4v) is 16.4. The molecular weight excluding hydrogens is 1750 g/mol. The maximum absolute atomic E-state index is 9.43. The van der Waals surface area contributed by atoms with E-state index in [1.807, 2.05) is 180 Å². The minimum Gasteiger partial charge on any atom is -0.497 e. The van der Waals surface area contributed by atoms with E-state index >= 15 is 0 Å². The van der Waals surface area contributed by atoms with Crippen LogP contribution in [-0.4, -0.2) is 188 Å². The molecule has 0 radical (unpaired) electrons. The normalized spacial score (nSPS) is 11.4. The fourth-order valence-electron chi connectivity index (χ4n) is 15.8. The number of thiazole rings is 1. The summed E-state index contributed by atoms with van der Waals surface area (Å²) in [7, 11) is 11.7. The number of unbranched alkanes of at least 4 members (excludes halogenated alkanes) is 1. The number of aliphatic hydroxyl groups excluding tert-OH is 2. The van der Waals surface area contributed by atoms with Crippen LogP contribution in [0.2, 0.25) is 0 Å². The van der Waals surface area contributed by atoms with E-state index < -0.39 is 0 Å². The number of benzene rings is 4. The predicted octanol–water partition coefficient (Wildman–Crippen LogP) is 18.6. The lowest BCUT2D eigenvalue weighted by molar-refractivity contribution is 0.210. The molecule has 12 heterocycles. The van der Waals surface area contributed by atoms with Crippen molar-refractivity contribution in [1.29, 1.82) is 0 Å². The second-order valence-electron chi connectivity index (χ2n) is 32.1. The van der Waals surface area contributed by atoms with Gasteiger partial charge < -0.3 is 97.3 Å². The highest BCUT2D eigenvalue weighted by Gasteiger charge is 2.23. The number of aromatic nitrogens is 17. The number of hydrogen-bond donors (Lipinski definition) is 7. The molecule has 0 aliphatic heterocycles. The molecule has 0 amide bonds. The monoisotopic (exact) mass is 1880 g/mol. The zero-order chi connectivity index (χ0) is 93.6. The van der Waals surface area contributed by atoms with E-state index in [9.17, 15) is 10.2 Å². The van der Waals surface area contributed by atoms with Crippen molar-refractivity contribution in [1.82, 2.24) is 82.8 Å². The van der Waals surface area contributed by atoms with Crippen molar-refractivity contribution in [3.63, 3.8) is 0 Å². The maximum atomic E-state index is 9.43. The van der Waals surface area contributed by atoms with Crippen LogP contribution in [0.15, 0.2) is 168 Å². The zero-order valence-electron chi connectivity index (χ0n) is 79.9. The first-order chi connectivity index (χ1) is 64.2. The third-order valence-electron chi connectivity index (χ3n) is 22.1. The number of aryl methyl sites for hydroxylation is 5. The second kappa shape index (κ2) is 51.4. The van der Waals surface area contributed by atoms with Crippen molar-refractivity contribution in [3.05, 3.63) is 232 Å². The summed E-state index contributed by atoms with van der Waals surface area (Å²) >= 11 is 1.60. The van der Waals surface area contributed by atoms with Crippen LogP contribution in [0.25, 0.3) is 55.2 Å². The highest BCUT2D eigenvalue weighted by atomic mass is 32.1. The summed E-state index contributed by atoms with van der Waals surface area (Å²) < 4.78 is 54.1. The molecule has 35 heteroatoms. The number of hydrogen-bond acceptors (Lipinski definition) is 28. The van der Waals surface area contributed by atoms with Crippen molar-refractivity contribution < 1.29 is 47.9 Å². The number of methoxy groups -OCH3 is 7. The SMILES string of the molecule is CCCCNc1nc(C)nc2ccn(Cc3c(OC)cccc3OC)c12.CCC[C@@H](CCO)Nc1nc(C)nc2ccn(Cc3c(OC)cccc3OC)c12.CCC[C@H](CCO)Nc1nc(C)nc2ccn(Cc3cccc(OC)c3)c12.COCCNc1nc(C)nc2ccn(Cc3ccccc3OC)c12.Cc1nc(NCc2cc(C(C)C)on2)c2c(ccn2Cc2cscn2)n1.S.S. The van der Waals surface area contributed by atoms with Crippen molar-refractivity contribution in [2.75, 3.05) is 109 Å². The number of rotatable bonds is 40. The number of aliphatic hydroxyl groups is 2. The molecule has 134 heavy (non-hydrogen) atoms. The van der Waals surface area contributed by atoms with Crippen LogP contribution in [-0.2, 0) is 44.0 Å². The van der Waals surface area contributed by atoms with Gasteiger partial charge in [-0.1, -0.05) is 102 Å². The molecule has 0 unspecified atom stereocenters. The molecule has 714 valence electrons. The van der Waals surface area contributed by atoms with Crippen LogP contribution in [0.5, 0.6) is 34.5 Å². The number of nitrogens with one attached hydrogen (secondary N) is 5. The maximum Gasteiger partial charge on any atom is 0.154 e. The molecule has 0 aliphatic rings. The number of fused-ring (bicyclic) bond motifs is 5. The van der Waals surface area contributed by atoms with Gasteiger partial charge >= 0.3 is 0 Å². The second-order valence-corrected chi connectivity index (χ2v) is 32.8. The van der Waals surface area contributed by atoms with E-state index in [2.05, 4.69) is 162 Å². The van der Waals surface area contributed by atoms with Gasteiger partial charge in [0.2, 0.25) is 0 Å². The van der Waals surface area contributed by atoms with E-state index in [-0.39, 0.29) is 52.3 Å². The van der Waals surface area contributed by atoms with E-state index in [0.29, 0.717) is 77.0 Å². The van der Waals surface area contributed by atoms with Gasteiger partial charge in [0.15, 0.2) is 29.1 Å². The average molecular weight is 1880 g/mol. The molecule has 16 aromatic rings. The number of para-hydroxylation sites is 1. The molecule has 0 aliphatic carbocycles. The standard InChI is InChI=1S/C22H30N4O3.C21H28N4O2.C20H26N4O2.C18H20N6OS.C18H22N4O2.2H2S/c1-5-7-16(11-13-27)25-22-21-18(23-15(2)24-22)10-12-26(21)14-17-19(28-3)8-6-9-20(17)29-4;1-4-6-17(10-12-26)24-21-20-19(22-15(2)23-21)9-11-25(20)14-16-7-5-8-18(13-16)27-3;1-5-6-11-21-20-19-16(22-14(2)23-20)10-12-24(19)13-15-17(25-3)8-7-9-18(15)26-4;1-11(2)16-6-13(23-25-16)7-19-18-17-15(21-12(3)22-18)4-5-24(17)8-14-9-26-10-20-14;1-13-20-15-8-10-22(12-14-6-4-5-7-16(14)24-3)17(15)18(21-13)19-9-11-23-2;;/h6,8-10,12,16,27H,5,7,11,13-14H2,1-4H3,(H,23,24,25);5,7-9,11,13,17,26H,4,6,10,12,14H2,1-3H3,(H,22,23,24);7-10,12H,5-6,11,13H2,1-4H3,(H,21,22,23);4-6,9-11H,7-8H2,1-3H3,(H,19,21,22);4-8,10H,9,11-12H2,1-3H3,(H,19,20,21);2*1H2/t16-;17-;;;;;/m01...../s1. The Bertz CT molecular complexity index is 6300. The molecule has 16 rings (SSSR count). The van der Waals surface area contributed by atoms with Crippen molar-refractivity contribution >= 4 is 123 Å². The topological polar surface area (TPSA) is 358 Å². The fraction of sp³-hybridized carbons (Fsp3) is 0.394. The molecule has 2 atom stereocenters. The van der Waals surface area contributed by atoms with Gasteiger partial charge in [-0.15, -0.1) is 11.3 Å². The predicted molar refractivity (Wildman–Crippen MR) is 545 cm³/mol. The molecule has 7 N–H and O–H groups in total. The van der Waals surface area contributed by atoms with Crippen LogP contribution in [0.1, 0.15) is 160 Å². The Morgan fingerprint density at radius 3 is 1.23 bits per heavy atom. The number of ether oxygens (including phenoxy) is 7. The Labute approximate surface area is 801 Å². The lowest BCUT2D eigenvalue weighted by atomic mass is 10.1. The average Bonchev–Trinajstić information content (AvgIpc) is 1.63. The molecule has 0 bridgehead atoms. The minimum atomic E-state index is 0. The van der Waals surface area contributed by atoms with Crippen LogP contribution < -0.4 is 55.0 Å². The largest absolute Gasteiger partial charge is 0.497 e. The third kappa shape index (κ3) is 27.0. The van der Waals surface area contributed by atoms with E-state index in [1.54, 1.807) is 61.1 Å². The first kappa shape index (κ1) is 103. The molecular formula is C99H130N22O10S3. The highest BCUT2D eigenvalue weighted by molar-refractivity contribution is 7.59.